The fraction of sp³-hybridized carbons (Fsp3) is 0.538. The Bertz CT molecular complexity index is 1150. The van der Waals surface area contributed by atoms with Crippen LogP contribution in [0.25, 0.3) is 0 Å². The smallest absolute Gasteiger partial charge is 0.259 e. The van der Waals surface area contributed by atoms with E-state index in [0.29, 0.717) is 37.8 Å². The summed E-state index contributed by atoms with van der Waals surface area (Å²) < 4.78 is 27.7. The van der Waals surface area contributed by atoms with Crippen LogP contribution in [0.2, 0.25) is 0 Å². The van der Waals surface area contributed by atoms with E-state index in [4.69, 9.17) is 0 Å². The van der Waals surface area contributed by atoms with Gasteiger partial charge in [0.2, 0.25) is 28.2 Å². The molecule has 1 saturated carbocycles. The molecule has 2 heterocycles. The number of benzene rings is 1. The lowest BCUT2D eigenvalue weighted by atomic mass is 10.1. The molecule has 10 nitrogen and oxygen atoms in total. The number of nitrogens with zero attached hydrogens (tertiary/aromatic N) is 1. The molecule has 0 unspecified atom stereocenters. The fourth-order valence-electron chi connectivity index (χ4n) is 5.26. The van der Waals surface area contributed by atoms with Gasteiger partial charge in [-0.3, -0.25) is 23.9 Å². The summed E-state index contributed by atoms with van der Waals surface area (Å²) in [6, 6.07) is 7.04. The number of nitrogens with one attached hydrogen (secondary N) is 3. The van der Waals surface area contributed by atoms with Crippen molar-refractivity contribution in [1.29, 1.82) is 0 Å². The van der Waals surface area contributed by atoms with E-state index in [-0.39, 0.29) is 24.0 Å². The number of allylic oxidation sites excluding steroid dienone is 1. The zero-order valence-electron chi connectivity index (χ0n) is 20.7. The quantitative estimate of drug-likeness (QED) is 0.372. The lowest BCUT2D eigenvalue weighted by Crippen LogP contribution is -2.58. The van der Waals surface area contributed by atoms with Crippen LogP contribution in [0, 0.1) is 5.92 Å². The third-order valence-electron chi connectivity index (χ3n) is 7.35. The zero-order chi connectivity index (χ0) is 26.5. The minimum absolute atomic E-state index is 0.276. The maximum Gasteiger partial charge on any atom is 0.259 e. The molecular formula is C26H34N4O6S. The van der Waals surface area contributed by atoms with E-state index in [9.17, 15) is 27.6 Å². The van der Waals surface area contributed by atoms with E-state index < -0.39 is 39.5 Å². The van der Waals surface area contributed by atoms with Crippen molar-refractivity contribution in [3.05, 3.63) is 48.0 Å². The van der Waals surface area contributed by atoms with Crippen molar-refractivity contribution in [1.82, 2.24) is 20.3 Å². The van der Waals surface area contributed by atoms with Crippen LogP contribution < -0.4 is 15.4 Å². The average molecular weight is 531 g/mol. The molecule has 37 heavy (non-hydrogen) atoms. The first-order valence-electron chi connectivity index (χ1n) is 12.8. The largest absolute Gasteiger partial charge is 0.347 e. The molecule has 0 spiro atoms. The van der Waals surface area contributed by atoms with Gasteiger partial charge in [0, 0.05) is 12.5 Å². The summed E-state index contributed by atoms with van der Waals surface area (Å²) in [5.41, 5.74) is -0.854. The number of hydrogen-bond acceptors (Lipinski definition) is 6. The fourth-order valence-corrected chi connectivity index (χ4v) is 6.43. The third-order valence-corrected chi connectivity index (χ3v) is 8.56. The molecule has 0 aromatic heterocycles. The SMILES string of the molecule is O=CN[C@H]1CCCCC/C=C\[C@@H]2C[C@@]2(C(=O)NS(=O)(=O)Cc2ccccc2)NC(=O)[C@@H]2CCCN2C1=O. The molecular weight excluding hydrogens is 496 g/mol. The Morgan fingerprint density at radius 2 is 1.89 bits per heavy atom. The predicted octanol–water partition coefficient (Wildman–Crippen LogP) is 1.13. The summed E-state index contributed by atoms with van der Waals surface area (Å²) in [6.45, 7) is 0.377. The molecule has 1 saturated heterocycles. The van der Waals surface area contributed by atoms with Crippen molar-refractivity contribution in [2.45, 2.75) is 74.7 Å². The van der Waals surface area contributed by atoms with Crippen LogP contribution >= 0.6 is 0 Å². The molecule has 1 aromatic carbocycles. The van der Waals surface area contributed by atoms with E-state index >= 15 is 0 Å². The number of carbonyl (C=O) groups excluding carboxylic acids is 4. The van der Waals surface area contributed by atoms with Crippen molar-refractivity contribution in [2.75, 3.05) is 6.54 Å². The highest BCUT2D eigenvalue weighted by molar-refractivity contribution is 7.89. The molecule has 0 radical (unpaired) electrons. The van der Waals surface area contributed by atoms with Gasteiger partial charge in [0.1, 0.15) is 17.6 Å². The monoisotopic (exact) mass is 530 g/mol. The molecule has 4 rings (SSSR count). The highest BCUT2D eigenvalue weighted by atomic mass is 32.2. The Kier molecular flexibility index (Phi) is 8.31. The lowest BCUT2D eigenvalue weighted by Gasteiger charge is -2.29. The Morgan fingerprint density at radius 3 is 2.65 bits per heavy atom. The second kappa shape index (κ2) is 11.5. The Labute approximate surface area is 217 Å². The maximum absolute atomic E-state index is 13.4. The predicted molar refractivity (Wildman–Crippen MR) is 136 cm³/mol. The zero-order valence-corrected chi connectivity index (χ0v) is 21.5. The topological polar surface area (TPSA) is 142 Å². The second-order valence-corrected chi connectivity index (χ2v) is 11.8. The van der Waals surface area contributed by atoms with Crippen LogP contribution in [0.15, 0.2) is 42.5 Å². The molecule has 3 aliphatic rings. The van der Waals surface area contributed by atoms with Crippen LogP contribution in [-0.2, 0) is 35.0 Å². The van der Waals surface area contributed by atoms with Crippen molar-refractivity contribution in [3.8, 4) is 0 Å². The van der Waals surface area contributed by atoms with Gasteiger partial charge >= 0.3 is 0 Å². The van der Waals surface area contributed by atoms with Crippen LogP contribution in [0.5, 0.6) is 0 Å². The molecule has 2 aliphatic heterocycles. The van der Waals surface area contributed by atoms with Gasteiger partial charge in [0.05, 0.1) is 5.75 Å². The first-order chi connectivity index (χ1) is 17.8. The molecule has 0 bridgehead atoms. The first-order valence-corrected chi connectivity index (χ1v) is 14.5. The number of carbonyl (C=O) groups is 4. The second-order valence-electron chi connectivity index (χ2n) is 10.0. The standard InChI is InChI=1S/C26H34N4O6S/c31-18-27-21-13-8-3-1-2-7-12-20-16-26(20,28-23(32)22-14-9-15-30(22)24(21)33)25(34)29-37(35,36)17-19-10-5-4-6-11-19/h4-7,10-12,18,20-22H,1-3,8-9,13-17H2,(H,27,31)(H,28,32)(H,29,34)/b12-7-/t20-,21+,22+,26-/m1/s1. The number of sulfonamides is 1. The summed E-state index contributed by atoms with van der Waals surface area (Å²) in [6.07, 6.45) is 9.38. The van der Waals surface area contributed by atoms with Crippen molar-refractivity contribution in [3.63, 3.8) is 0 Å². The Hall–Kier alpha value is -3.21. The molecule has 2 fully saturated rings. The summed E-state index contributed by atoms with van der Waals surface area (Å²) in [5.74, 6) is -2.28. The van der Waals surface area contributed by atoms with Gasteiger partial charge < -0.3 is 15.5 Å². The number of hydrogen-bond donors (Lipinski definition) is 3. The lowest BCUT2D eigenvalue weighted by molar-refractivity contribution is -0.141. The van der Waals surface area contributed by atoms with Gasteiger partial charge in [-0.1, -0.05) is 55.3 Å². The van der Waals surface area contributed by atoms with Crippen LogP contribution in [-0.4, -0.2) is 61.6 Å². The van der Waals surface area contributed by atoms with Crippen molar-refractivity contribution in [2.24, 2.45) is 5.92 Å². The van der Waals surface area contributed by atoms with Gasteiger partial charge in [-0.15, -0.1) is 0 Å². The molecule has 1 aliphatic carbocycles. The number of rotatable bonds is 6. The van der Waals surface area contributed by atoms with Gasteiger partial charge in [-0.25, -0.2) is 8.42 Å². The molecule has 200 valence electrons. The summed E-state index contributed by atoms with van der Waals surface area (Å²) in [5, 5.41) is 5.41. The minimum Gasteiger partial charge on any atom is -0.347 e. The summed E-state index contributed by atoms with van der Waals surface area (Å²) in [4.78, 5) is 52.6. The van der Waals surface area contributed by atoms with E-state index in [1.54, 1.807) is 30.3 Å². The molecule has 1 aromatic rings. The third kappa shape index (κ3) is 6.38. The highest BCUT2D eigenvalue weighted by Crippen LogP contribution is 2.45. The van der Waals surface area contributed by atoms with Gasteiger partial charge in [0.25, 0.3) is 5.91 Å². The normalized spacial score (nSPS) is 29.5. The molecule has 3 N–H and O–H groups in total. The molecule has 4 atom stereocenters. The van der Waals surface area contributed by atoms with E-state index in [0.717, 1.165) is 25.7 Å². The van der Waals surface area contributed by atoms with E-state index in [2.05, 4.69) is 15.4 Å². The maximum atomic E-state index is 13.4. The van der Waals surface area contributed by atoms with Crippen molar-refractivity contribution >= 4 is 34.2 Å². The minimum atomic E-state index is -4.00. The van der Waals surface area contributed by atoms with Crippen LogP contribution in [0.1, 0.15) is 56.9 Å². The van der Waals surface area contributed by atoms with E-state index in [1.807, 2.05) is 12.2 Å². The average Bonchev–Trinajstić information content (AvgIpc) is 3.32. The molecule has 4 amide bonds. The summed E-state index contributed by atoms with van der Waals surface area (Å²) >= 11 is 0. The number of amides is 4. The highest BCUT2D eigenvalue weighted by Gasteiger charge is 2.61. The van der Waals surface area contributed by atoms with Crippen LogP contribution in [0.4, 0.5) is 0 Å². The summed E-state index contributed by atoms with van der Waals surface area (Å²) in [7, 11) is -4.00. The van der Waals surface area contributed by atoms with E-state index in [1.165, 1.54) is 4.90 Å². The first kappa shape index (κ1) is 26.8. The van der Waals surface area contributed by atoms with Crippen LogP contribution in [0.3, 0.4) is 0 Å². The van der Waals surface area contributed by atoms with Gasteiger partial charge in [-0.2, -0.15) is 0 Å². The van der Waals surface area contributed by atoms with Gasteiger partial charge in [0.15, 0.2) is 0 Å². The number of fused-ring (bicyclic) bond motifs is 2. The molecule has 11 heteroatoms. The van der Waals surface area contributed by atoms with Gasteiger partial charge in [-0.05, 0) is 44.1 Å². The Balaban J connectivity index is 1.55. The van der Waals surface area contributed by atoms with Crippen molar-refractivity contribution < 1.29 is 27.6 Å². The Morgan fingerprint density at radius 1 is 1.11 bits per heavy atom.